The highest BCUT2D eigenvalue weighted by Crippen LogP contribution is 2.39. The van der Waals surface area contributed by atoms with Gasteiger partial charge in [0, 0.05) is 31.3 Å². The summed E-state index contributed by atoms with van der Waals surface area (Å²) in [5.74, 6) is 1.18. The standard InChI is InChI=1S/C23H28N2O5/c1-3-29-21-16-20(25-11-13-28-14-12-25)22(30-4-2)15-19(21)24-23(27)10-7-17-5-8-18(26)9-6-17/h5-10,15-16,26H,3-4,11-14H2,1-2H3,(H,24,27)/b10-7+. The first-order valence-electron chi connectivity index (χ1n) is 10.1. The van der Waals surface area contributed by atoms with Crippen molar-refractivity contribution in [1.82, 2.24) is 0 Å². The third-order valence-electron chi connectivity index (χ3n) is 4.59. The lowest BCUT2D eigenvalue weighted by Gasteiger charge is -2.31. The van der Waals surface area contributed by atoms with Crippen LogP contribution in [0.2, 0.25) is 0 Å². The van der Waals surface area contributed by atoms with Gasteiger partial charge in [-0.1, -0.05) is 12.1 Å². The number of benzene rings is 2. The van der Waals surface area contributed by atoms with Crippen LogP contribution in [0.4, 0.5) is 11.4 Å². The molecule has 0 aliphatic carbocycles. The Morgan fingerprint density at radius 1 is 1.10 bits per heavy atom. The molecular weight excluding hydrogens is 384 g/mol. The fourth-order valence-corrected chi connectivity index (χ4v) is 3.18. The van der Waals surface area contributed by atoms with Crippen molar-refractivity contribution in [2.24, 2.45) is 0 Å². The summed E-state index contributed by atoms with van der Waals surface area (Å²) in [5, 5.41) is 12.2. The Labute approximate surface area is 176 Å². The SMILES string of the molecule is CCOc1cc(N2CCOCC2)c(OCC)cc1NC(=O)/C=C/c1ccc(O)cc1. The Morgan fingerprint density at radius 2 is 1.77 bits per heavy atom. The van der Waals surface area contributed by atoms with E-state index < -0.39 is 0 Å². The van der Waals surface area contributed by atoms with Crippen LogP contribution in [0.3, 0.4) is 0 Å². The van der Waals surface area contributed by atoms with Gasteiger partial charge in [0.2, 0.25) is 5.91 Å². The van der Waals surface area contributed by atoms with Gasteiger partial charge < -0.3 is 29.5 Å². The number of carbonyl (C=O) groups is 1. The number of rotatable bonds is 8. The number of aromatic hydroxyl groups is 1. The maximum absolute atomic E-state index is 12.5. The average molecular weight is 412 g/mol. The number of carbonyl (C=O) groups excluding carboxylic acids is 1. The highest BCUT2D eigenvalue weighted by atomic mass is 16.5. The van der Waals surface area contributed by atoms with Gasteiger partial charge in [-0.3, -0.25) is 4.79 Å². The Hall–Kier alpha value is -3.19. The number of hydrogen-bond donors (Lipinski definition) is 2. The van der Waals surface area contributed by atoms with Gasteiger partial charge in [0.25, 0.3) is 0 Å². The van der Waals surface area contributed by atoms with Gasteiger partial charge in [-0.25, -0.2) is 0 Å². The van der Waals surface area contributed by atoms with Crippen LogP contribution >= 0.6 is 0 Å². The van der Waals surface area contributed by atoms with Crippen molar-refractivity contribution in [2.75, 3.05) is 49.7 Å². The van der Waals surface area contributed by atoms with Crippen molar-refractivity contribution in [3.63, 3.8) is 0 Å². The summed E-state index contributed by atoms with van der Waals surface area (Å²) in [6.45, 7) is 7.69. The summed E-state index contributed by atoms with van der Waals surface area (Å²) < 4.78 is 17.1. The molecule has 0 spiro atoms. The topological polar surface area (TPSA) is 80.3 Å². The number of nitrogens with zero attached hydrogens (tertiary/aromatic N) is 1. The first-order chi connectivity index (χ1) is 14.6. The molecule has 1 fully saturated rings. The van der Waals surface area contributed by atoms with Crippen LogP contribution in [0.25, 0.3) is 6.08 Å². The maximum Gasteiger partial charge on any atom is 0.248 e. The average Bonchev–Trinajstić information content (AvgIpc) is 2.76. The van der Waals surface area contributed by atoms with E-state index >= 15 is 0 Å². The second-order valence-electron chi connectivity index (χ2n) is 6.70. The van der Waals surface area contributed by atoms with Crippen LogP contribution in [0.1, 0.15) is 19.4 Å². The Balaban J connectivity index is 1.83. The van der Waals surface area contributed by atoms with Crippen LogP contribution in [0.5, 0.6) is 17.2 Å². The molecule has 2 aromatic carbocycles. The number of anilines is 2. The molecule has 3 rings (SSSR count). The van der Waals surface area contributed by atoms with E-state index in [1.807, 2.05) is 26.0 Å². The third kappa shape index (κ3) is 5.67. The van der Waals surface area contributed by atoms with Gasteiger partial charge in [0.15, 0.2) is 0 Å². The Morgan fingerprint density at radius 3 is 2.43 bits per heavy atom. The van der Waals surface area contributed by atoms with Gasteiger partial charge in [0.1, 0.15) is 17.2 Å². The third-order valence-corrected chi connectivity index (χ3v) is 4.59. The molecule has 2 aromatic rings. The van der Waals surface area contributed by atoms with Gasteiger partial charge in [-0.2, -0.15) is 0 Å². The van der Waals surface area contributed by atoms with E-state index in [4.69, 9.17) is 14.2 Å². The lowest BCUT2D eigenvalue weighted by Crippen LogP contribution is -2.36. The highest BCUT2D eigenvalue weighted by molar-refractivity contribution is 6.03. The quantitative estimate of drug-likeness (QED) is 0.644. The predicted molar refractivity (Wildman–Crippen MR) is 118 cm³/mol. The molecule has 0 saturated carbocycles. The number of phenolic OH excluding ortho intramolecular Hbond substituents is 1. The molecule has 0 atom stereocenters. The van der Waals surface area contributed by atoms with E-state index in [1.165, 1.54) is 6.08 Å². The van der Waals surface area contributed by atoms with E-state index in [1.54, 1.807) is 30.3 Å². The van der Waals surface area contributed by atoms with Crippen molar-refractivity contribution in [3.05, 3.63) is 48.0 Å². The van der Waals surface area contributed by atoms with Crippen LogP contribution in [-0.2, 0) is 9.53 Å². The first kappa shape index (κ1) is 21.5. The maximum atomic E-state index is 12.5. The van der Waals surface area contributed by atoms with Crippen molar-refractivity contribution in [1.29, 1.82) is 0 Å². The van der Waals surface area contributed by atoms with Crippen LogP contribution < -0.4 is 19.7 Å². The van der Waals surface area contributed by atoms with E-state index in [0.717, 1.165) is 24.3 Å². The molecule has 0 unspecified atom stereocenters. The van der Waals surface area contributed by atoms with Gasteiger partial charge >= 0.3 is 0 Å². The van der Waals surface area contributed by atoms with E-state index in [9.17, 15) is 9.90 Å². The summed E-state index contributed by atoms with van der Waals surface area (Å²) in [7, 11) is 0. The van der Waals surface area contributed by atoms with Gasteiger partial charge in [-0.15, -0.1) is 0 Å². The van der Waals surface area contributed by atoms with Crippen LogP contribution in [0, 0.1) is 0 Å². The summed E-state index contributed by atoms with van der Waals surface area (Å²) in [6.07, 6.45) is 3.12. The number of ether oxygens (including phenoxy) is 3. The zero-order valence-corrected chi connectivity index (χ0v) is 17.4. The lowest BCUT2D eigenvalue weighted by molar-refractivity contribution is -0.111. The molecule has 7 heteroatoms. The summed E-state index contributed by atoms with van der Waals surface area (Å²) in [5.41, 5.74) is 2.30. The minimum Gasteiger partial charge on any atom is -0.508 e. The number of hydrogen-bond acceptors (Lipinski definition) is 6. The lowest BCUT2D eigenvalue weighted by atomic mass is 10.2. The molecule has 0 aromatic heterocycles. The second kappa shape index (κ2) is 10.5. The minimum atomic E-state index is -0.286. The first-order valence-corrected chi connectivity index (χ1v) is 10.1. The van der Waals surface area contributed by atoms with Crippen LogP contribution in [-0.4, -0.2) is 50.5 Å². The Kier molecular flexibility index (Phi) is 7.57. The normalized spacial score (nSPS) is 14.0. The van der Waals surface area contributed by atoms with Gasteiger partial charge in [-0.05, 0) is 37.6 Å². The molecule has 7 nitrogen and oxygen atoms in total. The fourth-order valence-electron chi connectivity index (χ4n) is 3.18. The van der Waals surface area contributed by atoms with Crippen molar-refractivity contribution >= 4 is 23.4 Å². The smallest absolute Gasteiger partial charge is 0.248 e. The van der Waals surface area contributed by atoms with E-state index in [0.29, 0.717) is 43.6 Å². The van der Waals surface area contributed by atoms with Crippen LogP contribution in [0.15, 0.2) is 42.5 Å². The van der Waals surface area contributed by atoms with Crippen molar-refractivity contribution in [3.8, 4) is 17.2 Å². The molecule has 2 N–H and O–H groups in total. The molecular formula is C23H28N2O5. The molecule has 30 heavy (non-hydrogen) atoms. The van der Waals surface area contributed by atoms with Crippen molar-refractivity contribution < 1.29 is 24.1 Å². The Bertz CT molecular complexity index is 874. The highest BCUT2D eigenvalue weighted by Gasteiger charge is 2.20. The minimum absolute atomic E-state index is 0.182. The van der Waals surface area contributed by atoms with E-state index in [2.05, 4.69) is 10.2 Å². The zero-order chi connectivity index (χ0) is 21.3. The monoisotopic (exact) mass is 412 g/mol. The molecule has 1 heterocycles. The number of morpholine rings is 1. The molecule has 0 bridgehead atoms. The molecule has 0 radical (unpaired) electrons. The predicted octanol–water partition coefficient (Wildman–Crippen LogP) is 3.68. The molecule has 1 amide bonds. The number of amides is 1. The molecule has 1 aliphatic heterocycles. The fraction of sp³-hybridized carbons (Fsp3) is 0.348. The summed E-state index contributed by atoms with van der Waals surface area (Å²) in [6, 6.07) is 10.3. The van der Waals surface area contributed by atoms with Crippen molar-refractivity contribution in [2.45, 2.75) is 13.8 Å². The number of nitrogens with one attached hydrogen (secondary N) is 1. The molecule has 160 valence electrons. The summed E-state index contributed by atoms with van der Waals surface area (Å²) in [4.78, 5) is 14.7. The largest absolute Gasteiger partial charge is 0.508 e. The van der Waals surface area contributed by atoms with E-state index in [-0.39, 0.29) is 11.7 Å². The second-order valence-corrected chi connectivity index (χ2v) is 6.70. The zero-order valence-electron chi connectivity index (χ0n) is 17.4. The molecule has 1 saturated heterocycles. The van der Waals surface area contributed by atoms with Gasteiger partial charge in [0.05, 0.1) is 37.8 Å². The number of phenols is 1. The molecule has 1 aliphatic rings. The summed E-state index contributed by atoms with van der Waals surface area (Å²) >= 11 is 0.